The van der Waals surface area contributed by atoms with Crippen molar-refractivity contribution in [3.8, 4) is 5.75 Å². The maximum Gasteiger partial charge on any atom is 0.237 e. The molecule has 1 unspecified atom stereocenters. The summed E-state index contributed by atoms with van der Waals surface area (Å²) in [4.78, 5) is 12.7. The van der Waals surface area contributed by atoms with Gasteiger partial charge in [-0.15, -0.1) is 10.2 Å². The highest BCUT2D eigenvalue weighted by Crippen LogP contribution is 2.26. The van der Waals surface area contributed by atoms with E-state index in [0.717, 1.165) is 33.7 Å². The molecule has 3 aromatic rings. The van der Waals surface area contributed by atoms with Crippen molar-refractivity contribution < 1.29 is 9.53 Å². The highest BCUT2D eigenvalue weighted by Gasteiger charge is 2.21. The summed E-state index contributed by atoms with van der Waals surface area (Å²) in [5, 5.41) is 11.3. The highest BCUT2D eigenvalue weighted by molar-refractivity contribution is 8.00. The van der Waals surface area contributed by atoms with Crippen LogP contribution < -0.4 is 15.9 Å². The van der Waals surface area contributed by atoms with Crippen LogP contribution in [0.25, 0.3) is 0 Å². The molecule has 0 spiro atoms. The molecule has 0 radical (unpaired) electrons. The molecule has 1 atom stereocenters. The zero-order chi connectivity index (χ0) is 22.7. The first-order valence-electron chi connectivity index (χ1n) is 10.1. The molecule has 3 N–H and O–H groups in total. The Labute approximate surface area is 187 Å². The summed E-state index contributed by atoms with van der Waals surface area (Å²) >= 11 is 1.26. The van der Waals surface area contributed by atoms with Crippen molar-refractivity contribution in [3.05, 3.63) is 64.0 Å². The van der Waals surface area contributed by atoms with Gasteiger partial charge in [0.1, 0.15) is 12.4 Å². The molecule has 0 bridgehead atoms. The Kier molecular flexibility index (Phi) is 6.90. The lowest BCUT2D eigenvalue weighted by atomic mass is 10.1. The quantitative estimate of drug-likeness (QED) is 0.422. The topological polar surface area (TPSA) is 95.1 Å². The van der Waals surface area contributed by atoms with E-state index in [1.54, 1.807) is 0 Å². The van der Waals surface area contributed by atoms with E-state index in [1.165, 1.54) is 22.0 Å². The minimum absolute atomic E-state index is 0.115. The van der Waals surface area contributed by atoms with Crippen LogP contribution >= 0.6 is 11.8 Å². The molecule has 164 valence electrons. The fourth-order valence-electron chi connectivity index (χ4n) is 3.46. The molecule has 0 saturated heterocycles. The number of carbonyl (C=O) groups is 1. The Balaban J connectivity index is 1.63. The lowest BCUT2D eigenvalue weighted by Gasteiger charge is -2.16. The summed E-state index contributed by atoms with van der Waals surface area (Å²) in [7, 11) is 0. The standard InChI is InChI=1S/C23H29N5O2S/c1-13-7-14(2)11-19(10-13)30-12-20-26-27-23(28(20)24)31-18(6)22(29)25-21-16(4)8-15(3)9-17(21)5/h7-11,18H,12,24H2,1-6H3,(H,25,29). The summed E-state index contributed by atoms with van der Waals surface area (Å²) in [6.45, 7) is 12.1. The molecule has 1 aromatic heterocycles. The molecule has 3 rings (SSSR count). The molecule has 8 heteroatoms. The van der Waals surface area contributed by atoms with E-state index in [0.29, 0.717) is 11.0 Å². The van der Waals surface area contributed by atoms with Gasteiger partial charge in [-0.25, -0.2) is 4.68 Å². The average Bonchev–Trinajstić information content (AvgIpc) is 3.01. The number of nitrogens with one attached hydrogen (secondary N) is 1. The fraction of sp³-hybridized carbons (Fsp3) is 0.348. The average molecular weight is 440 g/mol. The predicted molar refractivity (Wildman–Crippen MR) is 125 cm³/mol. The van der Waals surface area contributed by atoms with Gasteiger partial charge in [0.05, 0.1) is 5.25 Å². The SMILES string of the molecule is Cc1cc(C)cc(OCc2nnc(SC(C)C(=O)Nc3c(C)cc(C)cc3C)n2N)c1. The van der Waals surface area contributed by atoms with Gasteiger partial charge in [0.25, 0.3) is 0 Å². The van der Waals surface area contributed by atoms with E-state index >= 15 is 0 Å². The lowest BCUT2D eigenvalue weighted by molar-refractivity contribution is -0.115. The highest BCUT2D eigenvalue weighted by atomic mass is 32.2. The monoisotopic (exact) mass is 439 g/mol. The van der Waals surface area contributed by atoms with Crippen LogP contribution in [0.2, 0.25) is 0 Å². The third kappa shape index (κ3) is 5.58. The number of aryl methyl sites for hydroxylation is 5. The minimum Gasteiger partial charge on any atom is -0.486 e. The number of benzene rings is 2. The summed E-state index contributed by atoms with van der Waals surface area (Å²) in [6, 6.07) is 10.1. The van der Waals surface area contributed by atoms with Gasteiger partial charge in [0.2, 0.25) is 11.1 Å². The molecule has 2 aromatic carbocycles. The van der Waals surface area contributed by atoms with E-state index in [4.69, 9.17) is 10.6 Å². The van der Waals surface area contributed by atoms with Crippen molar-refractivity contribution in [2.75, 3.05) is 11.2 Å². The lowest BCUT2D eigenvalue weighted by Crippen LogP contribution is -2.25. The maximum absolute atomic E-state index is 12.7. The van der Waals surface area contributed by atoms with E-state index in [-0.39, 0.29) is 12.5 Å². The Morgan fingerprint density at radius 2 is 1.61 bits per heavy atom. The largest absolute Gasteiger partial charge is 0.486 e. The summed E-state index contributed by atoms with van der Waals surface area (Å²) in [5.74, 6) is 7.28. The van der Waals surface area contributed by atoms with Crippen LogP contribution in [-0.4, -0.2) is 26.0 Å². The van der Waals surface area contributed by atoms with Crippen molar-refractivity contribution in [3.63, 3.8) is 0 Å². The Bertz CT molecular complexity index is 1070. The Morgan fingerprint density at radius 3 is 2.23 bits per heavy atom. The minimum atomic E-state index is -0.403. The number of nitrogen functional groups attached to an aromatic ring is 1. The second kappa shape index (κ2) is 9.43. The van der Waals surface area contributed by atoms with E-state index < -0.39 is 5.25 Å². The third-order valence-electron chi connectivity index (χ3n) is 4.87. The van der Waals surface area contributed by atoms with E-state index in [2.05, 4.69) is 33.7 Å². The van der Waals surface area contributed by atoms with Gasteiger partial charge in [-0.3, -0.25) is 4.79 Å². The maximum atomic E-state index is 12.7. The van der Waals surface area contributed by atoms with Crippen molar-refractivity contribution in [1.29, 1.82) is 0 Å². The van der Waals surface area contributed by atoms with Gasteiger partial charge >= 0.3 is 0 Å². The van der Waals surface area contributed by atoms with Gasteiger partial charge in [-0.05, 0) is 75.9 Å². The first-order chi connectivity index (χ1) is 14.6. The van der Waals surface area contributed by atoms with Gasteiger partial charge in [-0.2, -0.15) is 0 Å². The second-order valence-corrected chi connectivity index (χ2v) is 9.21. The smallest absolute Gasteiger partial charge is 0.237 e. The zero-order valence-electron chi connectivity index (χ0n) is 18.8. The molecule has 0 aliphatic rings. The van der Waals surface area contributed by atoms with Crippen LogP contribution in [0.3, 0.4) is 0 Å². The molecular weight excluding hydrogens is 410 g/mol. The number of anilines is 1. The number of hydrogen-bond acceptors (Lipinski definition) is 6. The van der Waals surface area contributed by atoms with Crippen LogP contribution in [0.1, 0.15) is 40.6 Å². The number of nitrogens with zero attached hydrogens (tertiary/aromatic N) is 3. The first kappa shape index (κ1) is 22.7. The van der Waals surface area contributed by atoms with Gasteiger partial charge in [0.15, 0.2) is 5.82 Å². The van der Waals surface area contributed by atoms with Crippen LogP contribution in [0, 0.1) is 34.6 Å². The number of rotatable bonds is 7. The van der Waals surface area contributed by atoms with Crippen LogP contribution in [0.15, 0.2) is 35.5 Å². The molecule has 0 aliphatic heterocycles. The molecule has 7 nitrogen and oxygen atoms in total. The van der Waals surface area contributed by atoms with Crippen molar-refractivity contribution in [1.82, 2.24) is 14.9 Å². The fourth-order valence-corrected chi connectivity index (χ4v) is 4.25. The van der Waals surface area contributed by atoms with Crippen LogP contribution in [0.5, 0.6) is 5.75 Å². The second-order valence-electron chi connectivity index (χ2n) is 7.90. The van der Waals surface area contributed by atoms with Gasteiger partial charge in [0, 0.05) is 5.69 Å². The summed E-state index contributed by atoms with van der Waals surface area (Å²) in [6.07, 6.45) is 0. The van der Waals surface area contributed by atoms with Crippen molar-refractivity contribution >= 4 is 23.4 Å². The number of carbonyl (C=O) groups excluding carboxylic acids is 1. The van der Waals surface area contributed by atoms with E-state index in [1.807, 2.05) is 53.7 Å². The molecular formula is C23H29N5O2S. The van der Waals surface area contributed by atoms with Gasteiger partial charge < -0.3 is 15.9 Å². The predicted octanol–water partition coefficient (Wildman–Crippen LogP) is 4.23. The summed E-state index contributed by atoms with van der Waals surface area (Å²) in [5.41, 5.74) is 6.34. The number of amides is 1. The molecule has 1 heterocycles. The Hall–Kier alpha value is -3.00. The molecule has 0 aliphatic carbocycles. The Morgan fingerprint density at radius 1 is 1.03 bits per heavy atom. The van der Waals surface area contributed by atoms with Crippen LogP contribution in [-0.2, 0) is 11.4 Å². The number of nitrogens with two attached hydrogens (primary N) is 1. The third-order valence-corrected chi connectivity index (χ3v) is 5.93. The zero-order valence-corrected chi connectivity index (χ0v) is 19.6. The molecule has 0 saturated carbocycles. The number of ether oxygens (including phenoxy) is 1. The number of thioether (sulfide) groups is 1. The molecule has 1 amide bonds. The number of aromatic nitrogens is 3. The van der Waals surface area contributed by atoms with Crippen molar-refractivity contribution in [2.24, 2.45) is 0 Å². The van der Waals surface area contributed by atoms with Gasteiger partial charge in [-0.1, -0.05) is 35.5 Å². The normalized spacial score (nSPS) is 11.9. The number of hydrogen-bond donors (Lipinski definition) is 2. The van der Waals surface area contributed by atoms with Crippen LogP contribution in [0.4, 0.5) is 5.69 Å². The first-order valence-corrected chi connectivity index (χ1v) is 11.0. The molecule has 0 fully saturated rings. The van der Waals surface area contributed by atoms with E-state index in [9.17, 15) is 4.79 Å². The summed E-state index contributed by atoms with van der Waals surface area (Å²) < 4.78 is 7.20. The molecule has 31 heavy (non-hydrogen) atoms. The van der Waals surface area contributed by atoms with Crippen molar-refractivity contribution in [2.45, 2.75) is 58.6 Å².